The van der Waals surface area contributed by atoms with Crippen molar-refractivity contribution in [3.05, 3.63) is 0 Å². The van der Waals surface area contributed by atoms with Crippen LogP contribution in [0.15, 0.2) is 0 Å². The molecule has 136 valence electrons. The van der Waals surface area contributed by atoms with Gasteiger partial charge in [-0.1, -0.05) is 0 Å². The monoisotopic (exact) mass is 340 g/mol. The Labute approximate surface area is 132 Å². The smallest absolute Gasteiger partial charge is 0.181 e. The van der Waals surface area contributed by atoms with E-state index < -0.39 is 74.3 Å². The first-order valence-electron chi connectivity index (χ1n) is 7.42. The largest absolute Gasteiger partial charge is 0.394 e. The van der Waals surface area contributed by atoms with Gasteiger partial charge in [0.2, 0.25) is 0 Å². The number of hydrogen-bond donors (Lipinski definition) is 8. The van der Waals surface area contributed by atoms with Crippen molar-refractivity contribution in [2.45, 2.75) is 61.5 Å². The van der Waals surface area contributed by atoms with Crippen LogP contribution < -0.4 is 0 Å². The zero-order valence-corrected chi connectivity index (χ0v) is 12.3. The zero-order valence-electron chi connectivity index (χ0n) is 12.3. The Bertz CT molecular complexity index is 380. The molecule has 10 atom stereocenters. The SMILES string of the molecule is OC[C@@H]1C[C@@H]([C@@H](O)[C@@H]2O[C@H](CO)[C@@H](O)[C@H](O)[C@H]2O)[C@H](O)[C@@H](O)O1. The Kier molecular flexibility index (Phi) is 6.30. The van der Waals surface area contributed by atoms with Gasteiger partial charge in [-0.25, -0.2) is 0 Å². The van der Waals surface area contributed by atoms with Crippen molar-refractivity contribution in [1.82, 2.24) is 0 Å². The van der Waals surface area contributed by atoms with E-state index in [2.05, 4.69) is 0 Å². The van der Waals surface area contributed by atoms with Gasteiger partial charge in [0.25, 0.3) is 0 Å². The van der Waals surface area contributed by atoms with Crippen molar-refractivity contribution in [3.8, 4) is 0 Å². The van der Waals surface area contributed by atoms with Gasteiger partial charge in [-0.15, -0.1) is 0 Å². The molecule has 0 saturated carbocycles. The lowest BCUT2D eigenvalue weighted by molar-refractivity contribution is -0.284. The average Bonchev–Trinajstić information content (AvgIpc) is 2.54. The van der Waals surface area contributed by atoms with Crippen LogP contribution in [-0.2, 0) is 9.47 Å². The highest BCUT2D eigenvalue weighted by Gasteiger charge is 2.50. The molecule has 2 rings (SSSR count). The Morgan fingerprint density at radius 1 is 0.826 bits per heavy atom. The van der Waals surface area contributed by atoms with Crippen LogP contribution in [0.25, 0.3) is 0 Å². The summed E-state index contributed by atoms with van der Waals surface area (Å²) in [6, 6.07) is 0. The summed E-state index contributed by atoms with van der Waals surface area (Å²) in [6.45, 7) is -1.09. The van der Waals surface area contributed by atoms with Crippen molar-refractivity contribution in [2.75, 3.05) is 13.2 Å². The van der Waals surface area contributed by atoms with E-state index in [-0.39, 0.29) is 6.42 Å². The third-order valence-electron chi connectivity index (χ3n) is 4.51. The molecule has 8 N–H and O–H groups in total. The third-order valence-corrected chi connectivity index (χ3v) is 4.51. The molecule has 0 radical (unpaired) electrons. The maximum Gasteiger partial charge on any atom is 0.181 e. The molecule has 23 heavy (non-hydrogen) atoms. The molecule has 2 aliphatic heterocycles. The molecule has 10 heteroatoms. The predicted octanol–water partition coefficient (Wildman–Crippen LogP) is -4.73. The molecule has 0 aromatic heterocycles. The fourth-order valence-corrected chi connectivity index (χ4v) is 3.10. The van der Waals surface area contributed by atoms with Crippen LogP contribution in [-0.4, -0.2) is 109 Å². The lowest BCUT2D eigenvalue weighted by atomic mass is 9.81. The first kappa shape index (κ1) is 18.9. The van der Waals surface area contributed by atoms with Gasteiger partial charge in [0.15, 0.2) is 6.29 Å². The minimum Gasteiger partial charge on any atom is -0.394 e. The van der Waals surface area contributed by atoms with Crippen LogP contribution in [0, 0.1) is 5.92 Å². The second-order valence-corrected chi connectivity index (χ2v) is 6.01. The van der Waals surface area contributed by atoms with E-state index in [1.54, 1.807) is 0 Å². The second-order valence-electron chi connectivity index (χ2n) is 6.01. The van der Waals surface area contributed by atoms with Crippen molar-refractivity contribution in [3.63, 3.8) is 0 Å². The molecule has 0 spiro atoms. The zero-order chi connectivity index (χ0) is 17.3. The van der Waals surface area contributed by atoms with Crippen LogP contribution in [0.2, 0.25) is 0 Å². The Balaban J connectivity index is 2.15. The lowest BCUT2D eigenvalue weighted by Crippen LogP contribution is -2.64. The molecule has 2 aliphatic rings. The summed E-state index contributed by atoms with van der Waals surface area (Å²) in [5.74, 6) is -1.02. The fourth-order valence-electron chi connectivity index (χ4n) is 3.10. The summed E-state index contributed by atoms with van der Waals surface area (Å²) in [5, 5.41) is 77.8. The maximum atomic E-state index is 10.4. The number of aliphatic hydroxyl groups is 8. The summed E-state index contributed by atoms with van der Waals surface area (Å²) in [6.07, 6.45) is -13.0. The predicted molar refractivity (Wildman–Crippen MR) is 71.9 cm³/mol. The summed E-state index contributed by atoms with van der Waals surface area (Å²) < 4.78 is 10.2. The van der Waals surface area contributed by atoms with Gasteiger partial charge in [0.05, 0.1) is 25.4 Å². The first-order valence-corrected chi connectivity index (χ1v) is 7.42. The van der Waals surface area contributed by atoms with Gasteiger partial charge in [-0.05, 0) is 6.42 Å². The normalized spacial score (nSPS) is 49.8. The molecule has 2 saturated heterocycles. The summed E-state index contributed by atoms with van der Waals surface area (Å²) in [5.41, 5.74) is 0. The Morgan fingerprint density at radius 3 is 2.04 bits per heavy atom. The van der Waals surface area contributed by atoms with Gasteiger partial charge < -0.3 is 50.3 Å². The first-order chi connectivity index (χ1) is 10.8. The summed E-state index contributed by atoms with van der Waals surface area (Å²) in [4.78, 5) is 0. The van der Waals surface area contributed by atoms with Crippen molar-refractivity contribution in [2.24, 2.45) is 5.92 Å². The molecular weight excluding hydrogens is 316 g/mol. The Morgan fingerprint density at radius 2 is 1.48 bits per heavy atom. The van der Waals surface area contributed by atoms with E-state index >= 15 is 0 Å². The van der Waals surface area contributed by atoms with Crippen LogP contribution in [0.1, 0.15) is 6.42 Å². The van der Waals surface area contributed by atoms with Crippen LogP contribution in [0.4, 0.5) is 0 Å². The van der Waals surface area contributed by atoms with Crippen LogP contribution in [0.3, 0.4) is 0 Å². The molecule has 0 bridgehead atoms. The second kappa shape index (κ2) is 7.66. The van der Waals surface area contributed by atoms with Gasteiger partial charge >= 0.3 is 0 Å². The van der Waals surface area contributed by atoms with E-state index in [9.17, 15) is 30.6 Å². The topological polar surface area (TPSA) is 180 Å². The molecule has 0 aromatic carbocycles. The highest BCUT2D eigenvalue weighted by atomic mass is 16.6. The van der Waals surface area contributed by atoms with Crippen molar-refractivity contribution < 1.29 is 50.3 Å². The molecule has 0 aromatic rings. The number of ether oxygens (including phenoxy) is 2. The minimum atomic E-state index is -1.66. The Hall–Kier alpha value is -0.400. The molecule has 2 fully saturated rings. The quantitative estimate of drug-likeness (QED) is 0.247. The van der Waals surface area contributed by atoms with E-state index in [0.29, 0.717) is 0 Å². The van der Waals surface area contributed by atoms with Crippen LogP contribution >= 0.6 is 0 Å². The molecule has 0 amide bonds. The molecular formula is C13H24O10. The number of hydrogen-bond acceptors (Lipinski definition) is 10. The van der Waals surface area contributed by atoms with Crippen LogP contribution in [0.5, 0.6) is 0 Å². The highest BCUT2D eigenvalue weighted by molar-refractivity contribution is 4.98. The standard InChI is InChI=1S/C13H24O10/c14-2-4-1-5(8(17)13(21)22-4)7(16)12-11(20)10(19)9(18)6(3-15)23-12/h4-21H,1-3H2/t4-,5-,6+,7+,8-,9+,10-,11+,12-,13-/m0/s1. The van der Waals surface area contributed by atoms with Crippen molar-refractivity contribution in [1.29, 1.82) is 0 Å². The highest BCUT2D eigenvalue weighted by Crippen LogP contribution is 2.33. The lowest BCUT2D eigenvalue weighted by Gasteiger charge is -2.46. The molecule has 2 heterocycles. The molecule has 0 aliphatic carbocycles. The van der Waals surface area contributed by atoms with E-state index in [1.807, 2.05) is 0 Å². The van der Waals surface area contributed by atoms with E-state index in [0.717, 1.165) is 0 Å². The third kappa shape index (κ3) is 3.66. The van der Waals surface area contributed by atoms with Gasteiger partial charge in [-0.3, -0.25) is 0 Å². The van der Waals surface area contributed by atoms with E-state index in [4.69, 9.17) is 19.7 Å². The van der Waals surface area contributed by atoms with Crippen molar-refractivity contribution >= 4 is 0 Å². The summed E-state index contributed by atoms with van der Waals surface area (Å²) >= 11 is 0. The maximum absolute atomic E-state index is 10.4. The minimum absolute atomic E-state index is 0.0229. The number of aliphatic hydroxyl groups excluding tert-OH is 8. The average molecular weight is 340 g/mol. The molecule has 10 nitrogen and oxygen atoms in total. The van der Waals surface area contributed by atoms with Gasteiger partial charge in [0.1, 0.15) is 36.6 Å². The van der Waals surface area contributed by atoms with Gasteiger partial charge in [-0.2, -0.15) is 0 Å². The van der Waals surface area contributed by atoms with Gasteiger partial charge in [0, 0.05) is 5.92 Å². The molecule has 0 unspecified atom stereocenters. The summed E-state index contributed by atoms with van der Waals surface area (Å²) in [7, 11) is 0. The van der Waals surface area contributed by atoms with E-state index in [1.165, 1.54) is 0 Å². The fraction of sp³-hybridized carbons (Fsp3) is 1.00. The number of rotatable bonds is 4.